The van der Waals surface area contributed by atoms with Gasteiger partial charge in [0, 0.05) is 6.54 Å². The van der Waals surface area contributed by atoms with Gasteiger partial charge in [-0.1, -0.05) is 31.2 Å². The summed E-state index contributed by atoms with van der Waals surface area (Å²) in [6.45, 7) is 3.51. The summed E-state index contributed by atoms with van der Waals surface area (Å²) in [6, 6.07) is 8.54. The van der Waals surface area contributed by atoms with Gasteiger partial charge >= 0.3 is 0 Å². The van der Waals surface area contributed by atoms with Crippen LogP contribution in [0.5, 0.6) is 0 Å². The van der Waals surface area contributed by atoms with Crippen LogP contribution in [0.1, 0.15) is 24.5 Å². The van der Waals surface area contributed by atoms with Gasteiger partial charge in [0.15, 0.2) is 0 Å². The fourth-order valence-corrected chi connectivity index (χ4v) is 1.32. The highest BCUT2D eigenvalue weighted by Crippen LogP contribution is 2.04. The van der Waals surface area contributed by atoms with E-state index in [9.17, 15) is 4.39 Å². The van der Waals surface area contributed by atoms with Crippen molar-refractivity contribution in [2.75, 3.05) is 13.2 Å². The molecule has 1 aromatic carbocycles. The predicted octanol–water partition coefficient (Wildman–Crippen LogP) is 2.70. The maximum absolute atomic E-state index is 11.8. The first-order valence-corrected chi connectivity index (χ1v) is 5.21. The van der Waals surface area contributed by atoms with Crippen molar-refractivity contribution in [2.45, 2.75) is 26.3 Å². The fourth-order valence-electron chi connectivity index (χ4n) is 1.32. The molecule has 0 saturated carbocycles. The average Bonchev–Trinajstić information content (AvgIpc) is 2.25. The second kappa shape index (κ2) is 6.55. The molecule has 0 radical (unpaired) electrons. The summed E-state index contributed by atoms with van der Waals surface area (Å²) < 4.78 is 11.8. The fraction of sp³-hybridized carbons (Fsp3) is 0.500. The summed E-state index contributed by atoms with van der Waals surface area (Å²) >= 11 is 0. The van der Waals surface area contributed by atoms with E-state index in [1.165, 1.54) is 11.1 Å². The lowest BCUT2D eigenvalue weighted by molar-refractivity contribution is 0.459. The molecule has 2 heteroatoms. The Kier molecular flexibility index (Phi) is 5.23. The molecule has 0 bridgehead atoms. The normalized spacial score (nSPS) is 10.4. The van der Waals surface area contributed by atoms with Gasteiger partial charge in [0.1, 0.15) is 0 Å². The van der Waals surface area contributed by atoms with Crippen molar-refractivity contribution < 1.29 is 4.39 Å². The molecule has 0 fully saturated rings. The Morgan fingerprint density at radius 3 is 2.36 bits per heavy atom. The number of alkyl halides is 1. The van der Waals surface area contributed by atoms with Gasteiger partial charge < -0.3 is 5.32 Å². The minimum absolute atomic E-state index is 0.234. The van der Waals surface area contributed by atoms with Gasteiger partial charge in [0.05, 0.1) is 6.67 Å². The van der Waals surface area contributed by atoms with Gasteiger partial charge in [-0.3, -0.25) is 4.39 Å². The molecule has 1 aromatic rings. The highest BCUT2D eigenvalue weighted by Gasteiger charge is 1.93. The molecule has 0 aliphatic rings. The van der Waals surface area contributed by atoms with Crippen molar-refractivity contribution in [3.8, 4) is 0 Å². The van der Waals surface area contributed by atoms with E-state index < -0.39 is 0 Å². The average molecular weight is 195 g/mol. The van der Waals surface area contributed by atoms with Crippen molar-refractivity contribution in [1.82, 2.24) is 5.32 Å². The molecule has 0 saturated heterocycles. The minimum atomic E-state index is -0.234. The Morgan fingerprint density at radius 2 is 1.79 bits per heavy atom. The third kappa shape index (κ3) is 3.88. The van der Waals surface area contributed by atoms with Crippen LogP contribution >= 0.6 is 0 Å². The lowest BCUT2D eigenvalue weighted by atomic mass is 10.1. The van der Waals surface area contributed by atoms with Crippen LogP contribution in [0.3, 0.4) is 0 Å². The predicted molar refractivity (Wildman–Crippen MR) is 58.1 cm³/mol. The van der Waals surface area contributed by atoms with E-state index in [1.54, 1.807) is 0 Å². The van der Waals surface area contributed by atoms with Crippen LogP contribution in [0.2, 0.25) is 0 Å². The first-order valence-electron chi connectivity index (χ1n) is 5.21. The van der Waals surface area contributed by atoms with Gasteiger partial charge in [0.25, 0.3) is 0 Å². The third-order valence-electron chi connectivity index (χ3n) is 2.25. The number of halogens is 1. The number of hydrogen-bond acceptors (Lipinski definition) is 1. The van der Waals surface area contributed by atoms with Gasteiger partial charge in [-0.05, 0) is 30.5 Å². The number of benzene rings is 1. The van der Waals surface area contributed by atoms with Crippen LogP contribution in [0, 0.1) is 0 Å². The van der Waals surface area contributed by atoms with E-state index >= 15 is 0 Å². The quantitative estimate of drug-likeness (QED) is 0.688. The smallest absolute Gasteiger partial charge is 0.0906 e. The zero-order valence-electron chi connectivity index (χ0n) is 8.72. The molecular weight excluding hydrogens is 177 g/mol. The molecule has 0 amide bonds. The van der Waals surface area contributed by atoms with E-state index in [0.717, 1.165) is 19.5 Å². The van der Waals surface area contributed by atoms with Crippen molar-refractivity contribution in [2.24, 2.45) is 0 Å². The van der Waals surface area contributed by atoms with E-state index in [1.807, 2.05) is 0 Å². The van der Waals surface area contributed by atoms with E-state index in [0.29, 0.717) is 6.42 Å². The molecule has 1 N–H and O–H groups in total. The number of nitrogens with one attached hydrogen (secondary N) is 1. The zero-order valence-corrected chi connectivity index (χ0v) is 8.72. The Bertz CT molecular complexity index is 243. The maximum Gasteiger partial charge on any atom is 0.0906 e. The standard InChI is InChI=1S/C12H18FN/c1-2-11-4-6-12(7-5-11)10-14-9-3-8-13/h4-7,14H,2-3,8-10H2,1H3. The largest absolute Gasteiger partial charge is 0.313 e. The molecule has 1 nitrogen and oxygen atoms in total. The topological polar surface area (TPSA) is 12.0 Å². The van der Waals surface area contributed by atoms with Gasteiger partial charge in [-0.15, -0.1) is 0 Å². The highest BCUT2D eigenvalue weighted by molar-refractivity contribution is 5.22. The van der Waals surface area contributed by atoms with Crippen LogP contribution in [-0.2, 0) is 13.0 Å². The summed E-state index contributed by atoms with van der Waals surface area (Å²) in [7, 11) is 0. The molecule has 0 atom stereocenters. The number of rotatable bonds is 6. The molecule has 0 heterocycles. The van der Waals surface area contributed by atoms with E-state index in [-0.39, 0.29) is 6.67 Å². The second-order valence-electron chi connectivity index (χ2n) is 3.39. The molecule has 0 aromatic heterocycles. The van der Waals surface area contributed by atoms with E-state index in [4.69, 9.17) is 0 Å². The minimum Gasteiger partial charge on any atom is -0.313 e. The SMILES string of the molecule is CCc1ccc(CNCCCF)cc1. The summed E-state index contributed by atoms with van der Waals surface area (Å²) in [5.74, 6) is 0. The first kappa shape index (κ1) is 11.2. The second-order valence-corrected chi connectivity index (χ2v) is 3.39. The summed E-state index contributed by atoms with van der Waals surface area (Å²) in [6.07, 6.45) is 1.68. The summed E-state index contributed by atoms with van der Waals surface area (Å²) in [5, 5.41) is 3.20. The Morgan fingerprint density at radius 1 is 1.14 bits per heavy atom. The monoisotopic (exact) mass is 195 g/mol. The van der Waals surface area contributed by atoms with Gasteiger partial charge in [-0.25, -0.2) is 0 Å². The van der Waals surface area contributed by atoms with Crippen molar-refractivity contribution in [1.29, 1.82) is 0 Å². The molecule has 0 unspecified atom stereocenters. The van der Waals surface area contributed by atoms with Crippen LogP contribution in [0.4, 0.5) is 4.39 Å². The third-order valence-corrected chi connectivity index (χ3v) is 2.25. The Hall–Kier alpha value is -0.890. The highest BCUT2D eigenvalue weighted by atomic mass is 19.1. The molecule has 0 spiro atoms. The van der Waals surface area contributed by atoms with Crippen LogP contribution in [-0.4, -0.2) is 13.2 Å². The molecular formula is C12H18FN. The summed E-state index contributed by atoms with van der Waals surface area (Å²) in [4.78, 5) is 0. The van der Waals surface area contributed by atoms with Gasteiger partial charge in [-0.2, -0.15) is 0 Å². The van der Waals surface area contributed by atoms with Crippen molar-refractivity contribution in [3.63, 3.8) is 0 Å². The Labute approximate surface area is 85.3 Å². The molecule has 0 aliphatic carbocycles. The zero-order chi connectivity index (χ0) is 10.2. The van der Waals surface area contributed by atoms with Crippen molar-refractivity contribution in [3.05, 3.63) is 35.4 Å². The first-order chi connectivity index (χ1) is 6.86. The van der Waals surface area contributed by atoms with Gasteiger partial charge in [0.2, 0.25) is 0 Å². The molecule has 1 rings (SSSR count). The lowest BCUT2D eigenvalue weighted by Crippen LogP contribution is -2.14. The van der Waals surface area contributed by atoms with Crippen LogP contribution in [0.25, 0.3) is 0 Å². The molecule has 78 valence electrons. The Balaban J connectivity index is 2.29. The maximum atomic E-state index is 11.8. The van der Waals surface area contributed by atoms with Crippen molar-refractivity contribution >= 4 is 0 Å². The summed E-state index contributed by atoms with van der Waals surface area (Å²) in [5.41, 5.74) is 2.62. The molecule has 14 heavy (non-hydrogen) atoms. The number of aryl methyl sites for hydroxylation is 1. The van der Waals surface area contributed by atoms with Crippen LogP contribution in [0.15, 0.2) is 24.3 Å². The lowest BCUT2D eigenvalue weighted by Gasteiger charge is -2.04. The van der Waals surface area contributed by atoms with Crippen LogP contribution < -0.4 is 5.32 Å². The number of hydrogen-bond donors (Lipinski definition) is 1. The van der Waals surface area contributed by atoms with E-state index in [2.05, 4.69) is 36.5 Å². The molecule has 0 aliphatic heterocycles.